The van der Waals surface area contributed by atoms with Crippen LogP contribution in [0.4, 0.5) is 22.9 Å². The summed E-state index contributed by atoms with van der Waals surface area (Å²) < 4.78 is 7.00. The van der Waals surface area contributed by atoms with E-state index in [0.29, 0.717) is 30.4 Å². The Morgan fingerprint density at radius 3 is 2.47 bits per heavy atom. The Morgan fingerprint density at radius 2 is 1.71 bits per heavy atom. The van der Waals surface area contributed by atoms with E-state index in [9.17, 15) is 4.79 Å². The third-order valence-electron chi connectivity index (χ3n) is 5.61. The van der Waals surface area contributed by atoms with Crippen LogP contribution in [-0.4, -0.2) is 52.2 Å². The van der Waals surface area contributed by atoms with Crippen molar-refractivity contribution in [3.8, 4) is 11.3 Å². The molecular formula is C25H25N7O2. The van der Waals surface area contributed by atoms with Crippen LogP contribution in [0, 0.1) is 0 Å². The molecule has 0 bridgehead atoms. The highest BCUT2D eigenvalue weighted by molar-refractivity contribution is 6.03. The van der Waals surface area contributed by atoms with Gasteiger partial charge in [-0.2, -0.15) is 10.2 Å². The van der Waals surface area contributed by atoms with Crippen molar-refractivity contribution in [1.82, 2.24) is 20.0 Å². The first-order chi connectivity index (χ1) is 16.7. The molecule has 9 heteroatoms. The van der Waals surface area contributed by atoms with Crippen LogP contribution in [0.3, 0.4) is 0 Å². The van der Waals surface area contributed by atoms with Crippen LogP contribution >= 0.6 is 0 Å². The number of rotatable bonds is 6. The monoisotopic (exact) mass is 455 g/mol. The van der Waals surface area contributed by atoms with Gasteiger partial charge in [-0.15, -0.1) is 5.10 Å². The second-order valence-corrected chi connectivity index (χ2v) is 7.96. The van der Waals surface area contributed by atoms with E-state index < -0.39 is 0 Å². The first-order valence-electron chi connectivity index (χ1n) is 11.1. The van der Waals surface area contributed by atoms with Crippen molar-refractivity contribution in [2.45, 2.75) is 0 Å². The number of hydrogen-bond donors (Lipinski definition) is 2. The van der Waals surface area contributed by atoms with Crippen LogP contribution in [-0.2, 0) is 11.8 Å². The van der Waals surface area contributed by atoms with Crippen LogP contribution in [0.25, 0.3) is 11.3 Å². The fourth-order valence-corrected chi connectivity index (χ4v) is 3.82. The lowest BCUT2D eigenvalue weighted by atomic mass is 10.1. The molecule has 0 unspecified atom stereocenters. The first-order valence-corrected chi connectivity index (χ1v) is 11.1. The van der Waals surface area contributed by atoms with Gasteiger partial charge in [0.05, 0.1) is 30.8 Å². The Hall–Kier alpha value is -4.24. The molecule has 2 N–H and O–H groups in total. The summed E-state index contributed by atoms with van der Waals surface area (Å²) >= 11 is 0. The minimum absolute atomic E-state index is 0.220. The van der Waals surface area contributed by atoms with Crippen molar-refractivity contribution in [2.75, 3.05) is 41.8 Å². The van der Waals surface area contributed by atoms with Gasteiger partial charge in [0.15, 0.2) is 5.82 Å². The molecule has 0 aliphatic carbocycles. The standard InChI is InChI=1S/C25H25N7O2/c1-31-23(16-22(30-31)18-5-3-2-4-6-18)25(33)28-20-9-7-19(8-10-20)27-24-15-21(17-26-29-24)32-11-13-34-14-12-32/h2-10,15-17H,11-14H2,1H3,(H,27,29)(H,28,33). The SMILES string of the molecule is Cn1nc(-c2ccccc2)cc1C(=O)Nc1ccc(Nc2cc(N3CCOCC3)cnn2)cc1. The minimum atomic E-state index is -0.220. The van der Waals surface area contributed by atoms with Crippen molar-refractivity contribution in [1.29, 1.82) is 0 Å². The maximum atomic E-state index is 12.8. The van der Waals surface area contributed by atoms with Gasteiger partial charge in [-0.3, -0.25) is 9.48 Å². The molecule has 34 heavy (non-hydrogen) atoms. The van der Waals surface area contributed by atoms with E-state index in [1.807, 2.05) is 60.7 Å². The number of aromatic nitrogens is 4. The number of morpholine rings is 1. The van der Waals surface area contributed by atoms with Crippen LogP contribution in [0.2, 0.25) is 0 Å². The van der Waals surface area contributed by atoms with Gasteiger partial charge in [0.2, 0.25) is 0 Å². The van der Waals surface area contributed by atoms with Gasteiger partial charge >= 0.3 is 0 Å². The van der Waals surface area contributed by atoms with Gasteiger partial charge in [-0.05, 0) is 30.3 Å². The van der Waals surface area contributed by atoms with Crippen LogP contribution in [0.1, 0.15) is 10.5 Å². The molecule has 9 nitrogen and oxygen atoms in total. The van der Waals surface area contributed by atoms with E-state index in [2.05, 4.69) is 30.8 Å². The summed E-state index contributed by atoms with van der Waals surface area (Å²) in [6.45, 7) is 3.10. The summed E-state index contributed by atoms with van der Waals surface area (Å²) in [5, 5.41) is 19.0. The Bertz CT molecular complexity index is 1270. The molecule has 0 saturated carbocycles. The Balaban J connectivity index is 1.24. The summed E-state index contributed by atoms with van der Waals surface area (Å²) in [5.41, 5.74) is 4.75. The highest BCUT2D eigenvalue weighted by Gasteiger charge is 2.15. The highest BCUT2D eigenvalue weighted by Crippen LogP contribution is 2.23. The van der Waals surface area contributed by atoms with Crippen molar-refractivity contribution < 1.29 is 9.53 Å². The smallest absolute Gasteiger partial charge is 0.273 e. The highest BCUT2D eigenvalue weighted by atomic mass is 16.5. The predicted molar refractivity (Wildman–Crippen MR) is 131 cm³/mol. The molecule has 1 amide bonds. The maximum Gasteiger partial charge on any atom is 0.273 e. The molecule has 2 aromatic heterocycles. The number of anilines is 4. The normalized spacial score (nSPS) is 13.5. The van der Waals surface area contributed by atoms with Gasteiger partial charge < -0.3 is 20.3 Å². The number of nitrogens with one attached hydrogen (secondary N) is 2. The maximum absolute atomic E-state index is 12.8. The molecule has 0 spiro atoms. The molecule has 1 aliphatic heterocycles. The lowest BCUT2D eigenvalue weighted by molar-refractivity contribution is 0.101. The van der Waals surface area contributed by atoms with Crippen molar-refractivity contribution in [2.24, 2.45) is 7.05 Å². The number of nitrogens with zero attached hydrogens (tertiary/aromatic N) is 5. The molecule has 172 valence electrons. The lowest BCUT2D eigenvalue weighted by Gasteiger charge is -2.28. The largest absolute Gasteiger partial charge is 0.378 e. The molecular weight excluding hydrogens is 430 g/mol. The molecule has 1 fully saturated rings. The Morgan fingerprint density at radius 1 is 0.971 bits per heavy atom. The van der Waals surface area contributed by atoms with Gasteiger partial charge in [0.1, 0.15) is 5.69 Å². The number of carbonyl (C=O) groups is 1. The Labute approximate surface area is 197 Å². The number of ether oxygens (including phenoxy) is 1. The number of aryl methyl sites for hydroxylation is 1. The van der Waals surface area contributed by atoms with Crippen LogP contribution in [0.15, 0.2) is 72.9 Å². The van der Waals surface area contributed by atoms with Crippen LogP contribution < -0.4 is 15.5 Å². The molecule has 4 aromatic rings. The summed E-state index contributed by atoms with van der Waals surface area (Å²) in [6, 6.07) is 21.0. The zero-order chi connectivity index (χ0) is 23.3. The van der Waals surface area contributed by atoms with E-state index in [1.54, 1.807) is 24.0 Å². The number of carbonyl (C=O) groups excluding carboxylic acids is 1. The second kappa shape index (κ2) is 9.72. The van der Waals surface area contributed by atoms with Gasteiger partial charge in [-0.1, -0.05) is 30.3 Å². The fourth-order valence-electron chi connectivity index (χ4n) is 3.82. The average Bonchev–Trinajstić information content (AvgIpc) is 3.28. The predicted octanol–water partition coefficient (Wildman–Crippen LogP) is 3.71. The van der Waals surface area contributed by atoms with E-state index in [4.69, 9.17) is 4.74 Å². The third kappa shape index (κ3) is 4.89. The van der Waals surface area contributed by atoms with Crippen molar-refractivity contribution in [3.05, 3.63) is 78.6 Å². The summed E-state index contributed by atoms with van der Waals surface area (Å²) in [5.74, 6) is 0.436. The van der Waals surface area contributed by atoms with Crippen LogP contribution in [0.5, 0.6) is 0 Å². The molecule has 0 radical (unpaired) electrons. The van der Waals surface area contributed by atoms with Crippen molar-refractivity contribution in [3.63, 3.8) is 0 Å². The average molecular weight is 456 g/mol. The number of amides is 1. The quantitative estimate of drug-likeness (QED) is 0.457. The van der Waals surface area contributed by atoms with E-state index >= 15 is 0 Å². The number of benzene rings is 2. The zero-order valence-corrected chi connectivity index (χ0v) is 18.8. The van der Waals surface area contributed by atoms with Crippen molar-refractivity contribution >= 4 is 28.8 Å². The molecule has 1 saturated heterocycles. The fraction of sp³-hybridized carbons (Fsp3) is 0.200. The molecule has 1 aliphatic rings. The molecule has 2 aromatic carbocycles. The Kier molecular flexibility index (Phi) is 6.17. The molecule has 5 rings (SSSR count). The summed E-state index contributed by atoms with van der Waals surface area (Å²) in [7, 11) is 1.76. The van der Waals surface area contributed by atoms with E-state index in [1.165, 1.54) is 0 Å². The van der Waals surface area contributed by atoms with E-state index in [0.717, 1.165) is 35.7 Å². The number of hydrogen-bond acceptors (Lipinski definition) is 7. The topological polar surface area (TPSA) is 97.2 Å². The lowest BCUT2D eigenvalue weighted by Crippen LogP contribution is -2.36. The summed E-state index contributed by atoms with van der Waals surface area (Å²) in [4.78, 5) is 15.0. The van der Waals surface area contributed by atoms with Gasteiger partial charge in [-0.25, -0.2) is 0 Å². The molecule has 3 heterocycles. The second-order valence-electron chi connectivity index (χ2n) is 7.96. The molecule has 0 atom stereocenters. The van der Waals surface area contributed by atoms with Gasteiger partial charge in [0, 0.05) is 43.1 Å². The summed E-state index contributed by atoms with van der Waals surface area (Å²) in [6.07, 6.45) is 1.76. The van der Waals surface area contributed by atoms with Gasteiger partial charge in [0.25, 0.3) is 5.91 Å². The zero-order valence-electron chi connectivity index (χ0n) is 18.8. The van der Waals surface area contributed by atoms with E-state index in [-0.39, 0.29) is 5.91 Å². The third-order valence-corrected chi connectivity index (χ3v) is 5.61. The first kappa shape index (κ1) is 21.6. The minimum Gasteiger partial charge on any atom is -0.378 e.